The molecule has 0 heterocycles. The fourth-order valence-electron chi connectivity index (χ4n) is 2.65. The third kappa shape index (κ3) is 4.79. The molecule has 1 aliphatic carbocycles. The van der Waals surface area contributed by atoms with Crippen LogP contribution in [0.15, 0.2) is 29.8 Å². The largest absolute Gasteiger partial charge is 0.462 e. The van der Waals surface area contributed by atoms with Crippen LogP contribution in [0.2, 0.25) is 0 Å². The lowest BCUT2D eigenvalue weighted by Gasteiger charge is -2.15. The van der Waals surface area contributed by atoms with Crippen molar-refractivity contribution in [3.8, 4) is 0 Å². The normalized spacial score (nSPS) is 14.3. The van der Waals surface area contributed by atoms with Gasteiger partial charge in [0.1, 0.15) is 0 Å². The summed E-state index contributed by atoms with van der Waals surface area (Å²) in [6, 6.07) is 5.34. The minimum absolute atomic E-state index is 0.312. The van der Waals surface area contributed by atoms with E-state index in [1.54, 1.807) is 12.1 Å². The molecular formula is C18H26N2O2. The van der Waals surface area contributed by atoms with Gasteiger partial charge < -0.3 is 15.8 Å². The zero-order valence-corrected chi connectivity index (χ0v) is 13.4. The molecule has 0 fully saturated rings. The summed E-state index contributed by atoms with van der Waals surface area (Å²) in [5.74, 6) is -0.312. The van der Waals surface area contributed by atoms with Crippen LogP contribution in [-0.2, 0) is 4.74 Å². The van der Waals surface area contributed by atoms with Crippen LogP contribution in [0, 0.1) is 0 Å². The maximum absolute atomic E-state index is 12.1. The lowest BCUT2D eigenvalue weighted by atomic mass is 9.97. The van der Waals surface area contributed by atoms with Crippen molar-refractivity contribution >= 4 is 17.3 Å². The van der Waals surface area contributed by atoms with E-state index < -0.39 is 0 Å². The Hall–Kier alpha value is -1.97. The molecular weight excluding hydrogens is 276 g/mol. The Labute approximate surface area is 132 Å². The number of nitrogen functional groups attached to an aromatic ring is 1. The molecule has 1 aliphatic rings. The van der Waals surface area contributed by atoms with Crippen LogP contribution >= 0.6 is 0 Å². The summed E-state index contributed by atoms with van der Waals surface area (Å²) in [5.41, 5.74) is 9.20. The first-order chi connectivity index (χ1) is 10.7. The van der Waals surface area contributed by atoms with E-state index in [0.29, 0.717) is 17.9 Å². The van der Waals surface area contributed by atoms with Crippen LogP contribution in [0.1, 0.15) is 55.8 Å². The van der Waals surface area contributed by atoms with Crippen molar-refractivity contribution in [1.82, 2.24) is 0 Å². The second-order valence-electron chi connectivity index (χ2n) is 5.73. The van der Waals surface area contributed by atoms with Gasteiger partial charge in [-0.15, -0.1) is 0 Å². The van der Waals surface area contributed by atoms with Gasteiger partial charge in [0.05, 0.1) is 12.2 Å². The topological polar surface area (TPSA) is 64.3 Å². The number of allylic oxidation sites excluding steroid dienone is 1. The van der Waals surface area contributed by atoms with E-state index in [9.17, 15) is 4.79 Å². The van der Waals surface area contributed by atoms with Crippen molar-refractivity contribution in [2.45, 2.75) is 45.4 Å². The van der Waals surface area contributed by atoms with Crippen LogP contribution < -0.4 is 11.1 Å². The minimum Gasteiger partial charge on any atom is -0.462 e. The van der Waals surface area contributed by atoms with E-state index >= 15 is 0 Å². The van der Waals surface area contributed by atoms with E-state index in [-0.39, 0.29) is 5.97 Å². The molecule has 3 N–H and O–H groups in total. The molecule has 4 nitrogen and oxygen atoms in total. The number of nitrogens with two attached hydrogens (primary N) is 1. The van der Waals surface area contributed by atoms with Crippen molar-refractivity contribution in [1.29, 1.82) is 0 Å². The van der Waals surface area contributed by atoms with Crippen molar-refractivity contribution in [2.75, 3.05) is 24.2 Å². The number of anilines is 2. The average molecular weight is 302 g/mol. The molecule has 4 heteroatoms. The van der Waals surface area contributed by atoms with Crippen LogP contribution in [0.5, 0.6) is 0 Å². The third-order valence-electron chi connectivity index (χ3n) is 3.85. The molecule has 120 valence electrons. The van der Waals surface area contributed by atoms with E-state index in [0.717, 1.165) is 25.1 Å². The highest BCUT2D eigenvalue weighted by atomic mass is 16.5. The molecule has 0 aliphatic heterocycles. The van der Waals surface area contributed by atoms with Crippen molar-refractivity contribution in [3.63, 3.8) is 0 Å². The molecule has 2 rings (SSSR count). The lowest BCUT2D eigenvalue weighted by molar-refractivity contribution is 0.0506. The van der Waals surface area contributed by atoms with E-state index in [1.165, 1.54) is 31.3 Å². The van der Waals surface area contributed by atoms with Gasteiger partial charge in [-0.3, -0.25) is 0 Å². The molecule has 0 radical (unpaired) electrons. The average Bonchev–Trinajstić information content (AvgIpc) is 2.55. The lowest BCUT2D eigenvalue weighted by Crippen LogP contribution is -2.12. The summed E-state index contributed by atoms with van der Waals surface area (Å²) in [6.45, 7) is 3.23. The van der Waals surface area contributed by atoms with Gasteiger partial charge >= 0.3 is 5.97 Å². The predicted molar refractivity (Wildman–Crippen MR) is 91.1 cm³/mol. The summed E-state index contributed by atoms with van der Waals surface area (Å²) in [6.07, 6.45) is 9.19. The number of hydrogen-bond donors (Lipinski definition) is 2. The van der Waals surface area contributed by atoms with Gasteiger partial charge in [0, 0.05) is 17.9 Å². The molecule has 0 amide bonds. The highest BCUT2D eigenvalue weighted by molar-refractivity contribution is 5.96. The Morgan fingerprint density at radius 2 is 2.23 bits per heavy atom. The van der Waals surface area contributed by atoms with E-state index in [1.807, 2.05) is 13.0 Å². The van der Waals surface area contributed by atoms with E-state index in [4.69, 9.17) is 10.5 Å². The van der Waals surface area contributed by atoms with Gasteiger partial charge in [-0.25, -0.2) is 4.79 Å². The van der Waals surface area contributed by atoms with Crippen LogP contribution in [0.4, 0.5) is 11.4 Å². The Morgan fingerprint density at radius 1 is 1.36 bits per heavy atom. The van der Waals surface area contributed by atoms with Gasteiger partial charge in [-0.05, 0) is 56.7 Å². The number of hydrogen-bond acceptors (Lipinski definition) is 4. The first-order valence-electron chi connectivity index (χ1n) is 8.19. The Morgan fingerprint density at radius 3 is 2.95 bits per heavy atom. The first kappa shape index (κ1) is 16.4. The molecule has 0 saturated carbocycles. The third-order valence-corrected chi connectivity index (χ3v) is 3.85. The number of carbonyl (C=O) groups is 1. The second-order valence-corrected chi connectivity index (χ2v) is 5.73. The van der Waals surface area contributed by atoms with Gasteiger partial charge in [0.15, 0.2) is 0 Å². The standard InChI is InChI=1S/C18H26N2O2/c1-2-12-22-18(21)16-13-15(19)8-9-17(16)20-11-10-14-6-4-3-5-7-14/h6,8-9,13,20H,2-5,7,10-12,19H2,1H3. The number of esters is 1. The van der Waals surface area contributed by atoms with E-state index in [2.05, 4.69) is 11.4 Å². The van der Waals surface area contributed by atoms with Crippen molar-refractivity contribution in [3.05, 3.63) is 35.4 Å². The quantitative estimate of drug-likeness (QED) is 0.451. The van der Waals surface area contributed by atoms with Gasteiger partial charge in [0.2, 0.25) is 0 Å². The van der Waals surface area contributed by atoms with Crippen molar-refractivity contribution in [2.24, 2.45) is 0 Å². The van der Waals surface area contributed by atoms with Crippen molar-refractivity contribution < 1.29 is 9.53 Å². The van der Waals surface area contributed by atoms with Crippen LogP contribution in [-0.4, -0.2) is 19.1 Å². The molecule has 0 bridgehead atoms. The number of rotatable bonds is 7. The molecule has 0 unspecified atom stereocenters. The SMILES string of the molecule is CCCOC(=O)c1cc(N)ccc1NCCC1=CCCCC1. The fourth-order valence-corrected chi connectivity index (χ4v) is 2.65. The summed E-state index contributed by atoms with van der Waals surface area (Å²) >= 11 is 0. The minimum atomic E-state index is -0.312. The molecule has 1 aromatic carbocycles. The van der Waals surface area contributed by atoms with Crippen LogP contribution in [0.25, 0.3) is 0 Å². The van der Waals surface area contributed by atoms with Gasteiger partial charge in [-0.1, -0.05) is 18.6 Å². The highest BCUT2D eigenvalue weighted by Gasteiger charge is 2.13. The molecule has 1 aromatic rings. The number of nitrogens with one attached hydrogen (secondary N) is 1. The maximum Gasteiger partial charge on any atom is 0.340 e. The number of carbonyl (C=O) groups excluding carboxylic acids is 1. The Bertz CT molecular complexity index is 538. The predicted octanol–water partition coefficient (Wildman–Crippen LogP) is 4.14. The molecule has 0 atom stereocenters. The summed E-state index contributed by atoms with van der Waals surface area (Å²) < 4.78 is 5.22. The Balaban J connectivity index is 1.97. The zero-order chi connectivity index (χ0) is 15.8. The summed E-state index contributed by atoms with van der Waals surface area (Å²) in [5, 5.41) is 3.35. The highest BCUT2D eigenvalue weighted by Crippen LogP contribution is 2.23. The molecule has 0 saturated heterocycles. The number of ether oxygens (including phenoxy) is 1. The smallest absolute Gasteiger partial charge is 0.340 e. The summed E-state index contributed by atoms with van der Waals surface area (Å²) in [7, 11) is 0. The van der Waals surface area contributed by atoms with Gasteiger partial charge in [0.25, 0.3) is 0 Å². The first-order valence-corrected chi connectivity index (χ1v) is 8.19. The fraction of sp³-hybridized carbons (Fsp3) is 0.500. The van der Waals surface area contributed by atoms with Crippen LogP contribution in [0.3, 0.4) is 0 Å². The van der Waals surface area contributed by atoms with Gasteiger partial charge in [-0.2, -0.15) is 0 Å². The molecule has 0 aromatic heterocycles. The molecule has 0 spiro atoms. The zero-order valence-electron chi connectivity index (χ0n) is 13.4. The number of benzene rings is 1. The molecule has 22 heavy (non-hydrogen) atoms. The second kappa shape index (κ2) is 8.47. The maximum atomic E-state index is 12.1. The Kier molecular flexibility index (Phi) is 6.31. The summed E-state index contributed by atoms with van der Waals surface area (Å²) in [4.78, 5) is 12.1. The monoisotopic (exact) mass is 302 g/mol.